The molecule has 0 spiro atoms. The number of benzene rings is 1. The quantitative estimate of drug-likeness (QED) is 0.515. The van der Waals surface area contributed by atoms with E-state index in [-0.39, 0.29) is 17.4 Å². The van der Waals surface area contributed by atoms with E-state index in [2.05, 4.69) is 20.8 Å². The summed E-state index contributed by atoms with van der Waals surface area (Å²) in [7, 11) is 0. The zero-order chi connectivity index (χ0) is 19.1. The molecule has 0 unspecified atom stereocenters. The van der Waals surface area contributed by atoms with Crippen molar-refractivity contribution in [3.63, 3.8) is 0 Å². The second-order valence-electron chi connectivity index (χ2n) is 5.29. The van der Waals surface area contributed by atoms with Crippen molar-refractivity contribution < 1.29 is 14.0 Å². The first-order valence-electron chi connectivity index (χ1n) is 7.83. The number of para-hydroxylation sites is 1. The molecule has 0 fully saturated rings. The lowest BCUT2D eigenvalue weighted by Crippen LogP contribution is -2.16. The molecule has 3 rings (SSSR count). The van der Waals surface area contributed by atoms with Gasteiger partial charge in [0, 0.05) is 4.90 Å². The summed E-state index contributed by atoms with van der Waals surface area (Å²) in [6.07, 6.45) is 1.58. The number of nitrogens with two attached hydrogens (primary N) is 1. The minimum absolute atomic E-state index is 0.132. The van der Waals surface area contributed by atoms with Gasteiger partial charge in [0.25, 0.3) is 0 Å². The average molecular weight is 404 g/mol. The molecule has 2 amide bonds. The van der Waals surface area contributed by atoms with Gasteiger partial charge in [-0.2, -0.15) is 0 Å². The molecule has 2 heterocycles. The lowest BCUT2D eigenvalue weighted by molar-refractivity contribution is -0.115. The molecule has 0 aliphatic carbocycles. The second kappa shape index (κ2) is 9.24. The minimum Gasteiger partial charge on any atom is -0.467 e. The summed E-state index contributed by atoms with van der Waals surface area (Å²) in [5.41, 5.74) is 5.81. The summed E-state index contributed by atoms with van der Waals surface area (Å²) in [5.74, 6) is 0.366. The average Bonchev–Trinajstić information content (AvgIpc) is 3.31. The van der Waals surface area contributed by atoms with Crippen LogP contribution in [0.5, 0.6) is 0 Å². The van der Waals surface area contributed by atoms with Crippen molar-refractivity contribution in [1.29, 1.82) is 0 Å². The van der Waals surface area contributed by atoms with E-state index in [0.29, 0.717) is 23.1 Å². The monoisotopic (exact) mass is 404 g/mol. The number of rotatable bonds is 9. The molecule has 0 bridgehead atoms. The first-order valence-corrected chi connectivity index (χ1v) is 9.80. The molecule has 0 saturated carbocycles. The molecule has 1 aromatic carbocycles. The fourth-order valence-electron chi connectivity index (χ4n) is 2.11. The normalized spacial score (nSPS) is 10.7. The van der Waals surface area contributed by atoms with Gasteiger partial charge in [0.1, 0.15) is 12.3 Å². The standard InChI is InChI=1S/C16H16N6O3S2/c17-14(23)9-26-13-6-2-1-5-12(13)18-15(24)10-27-16-19-20-21-22(16)8-11-4-3-7-25-11/h1-7H,8-10H2,(H2,17,23)(H,18,24). The van der Waals surface area contributed by atoms with Gasteiger partial charge in [0.15, 0.2) is 0 Å². The number of furan rings is 1. The number of anilines is 1. The van der Waals surface area contributed by atoms with Crippen LogP contribution in [0.4, 0.5) is 5.69 Å². The molecule has 27 heavy (non-hydrogen) atoms. The lowest BCUT2D eigenvalue weighted by atomic mass is 10.3. The summed E-state index contributed by atoms with van der Waals surface area (Å²) in [4.78, 5) is 24.0. The lowest BCUT2D eigenvalue weighted by Gasteiger charge is -2.10. The van der Waals surface area contributed by atoms with Crippen molar-refractivity contribution in [1.82, 2.24) is 20.2 Å². The molecule has 9 nitrogen and oxygen atoms in total. The Kier molecular flexibility index (Phi) is 6.49. The van der Waals surface area contributed by atoms with Crippen molar-refractivity contribution in [2.75, 3.05) is 16.8 Å². The van der Waals surface area contributed by atoms with Gasteiger partial charge in [-0.3, -0.25) is 9.59 Å². The summed E-state index contributed by atoms with van der Waals surface area (Å²) in [5, 5.41) is 14.8. The van der Waals surface area contributed by atoms with Crippen LogP contribution in [0.2, 0.25) is 0 Å². The fraction of sp³-hybridized carbons (Fsp3) is 0.188. The molecule has 2 aromatic heterocycles. The van der Waals surface area contributed by atoms with Gasteiger partial charge in [-0.25, -0.2) is 4.68 Å². The first-order chi connectivity index (χ1) is 13.1. The number of amides is 2. The Balaban J connectivity index is 1.56. The molecule has 0 aliphatic rings. The molecule has 11 heteroatoms. The van der Waals surface area contributed by atoms with Crippen LogP contribution in [0.25, 0.3) is 0 Å². The van der Waals surface area contributed by atoms with Crippen molar-refractivity contribution in [3.8, 4) is 0 Å². The van der Waals surface area contributed by atoms with Crippen LogP contribution in [0.1, 0.15) is 5.76 Å². The third-order valence-electron chi connectivity index (χ3n) is 3.25. The molecule has 3 N–H and O–H groups in total. The zero-order valence-electron chi connectivity index (χ0n) is 14.1. The van der Waals surface area contributed by atoms with E-state index < -0.39 is 5.91 Å². The Labute approximate surface area is 163 Å². The van der Waals surface area contributed by atoms with E-state index >= 15 is 0 Å². The summed E-state index contributed by atoms with van der Waals surface area (Å²) >= 11 is 2.49. The third kappa shape index (κ3) is 5.59. The van der Waals surface area contributed by atoms with Crippen LogP contribution in [-0.2, 0) is 16.1 Å². The first kappa shape index (κ1) is 19.0. The highest BCUT2D eigenvalue weighted by Gasteiger charge is 2.13. The molecule has 0 saturated heterocycles. The van der Waals surface area contributed by atoms with Crippen molar-refractivity contribution in [3.05, 3.63) is 48.4 Å². The van der Waals surface area contributed by atoms with E-state index in [4.69, 9.17) is 10.2 Å². The second-order valence-corrected chi connectivity index (χ2v) is 7.25. The van der Waals surface area contributed by atoms with Gasteiger partial charge in [-0.1, -0.05) is 23.9 Å². The number of hydrogen-bond acceptors (Lipinski definition) is 8. The van der Waals surface area contributed by atoms with Gasteiger partial charge >= 0.3 is 0 Å². The van der Waals surface area contributed by atoms with Gasteiger partial charge in [-0.15, -0.1) is 16.9 Å². The van der Waals surface area contributed by atoms with Crippen molar-refractivity contribution in [2.45, 2.75) is 16.6 Å². The minimum atomic E-state index is -0.417. The highest BCUT2D eigenvalue weighted by atomic mass is 32.2. The smallest absolute Gasteiger partial charge is 0.234 e. The van der Waals surface area contributed by atoms with E-state index in [0.717, 1.165) is 4.90 Å². The summed E-state index contributed by atoms with van der Waals surface area (Å²) < 4.78 is 6.84. The number of carbonyl (C=O) groups is 2. The van der Waals surface area contributed by atoms with Gasteiger partial charge in [-0.05, 0) is 34.7 Å². The Morgan fingerprint density at radius 1 is 1.15 bits per heavy atom. The molecule has 0 atom stereocenters. The Morgan fingerprint density at radius 2 is 2.00 bits per heavy atom. The number of nitrogens with one attached hydrogen (secondary N) is 1. The number of primary amides is 1. The number of thioether (sulfide) groups is 2. The maximum absolute atomic E-state index is 12.3. The van der Waals surface area contributed by atoms with Crippen LogP contribution in [-0.4, -0.2) is 43.5 Å². The number of nitrogens with zero attached hydrogens (tertiary/aromatic N) is 4. The van der Waals surface area contributed by atoms with Crippen molar-refractivity contribution in [2.24, 2.45) is 5.73 Å². The number of tetrazole rings is 1. The van der Waals surface area contributed by atoms with E-state index in [1.165, 1.54) is 23.5 Å². The van der Waals surface area contributed by atoms with E-state index in [1.54, 1.807) is 29.1 Å². The maximum atomic E-state index is 12.3. The topological polar surface area (TPSA) is 129 Å². The van der Waals surface area contributed by atoms with Crippen molar-refractivity contribution >= 4 is 41.0 Å². The number of hydrogen-bond donors (Lipinski definition) is 2. The van der Waals surface area contributed by atoms with E-state index in [9.17, 15) is 9.59 Å². The number of aromatic nitrogens is 4. The maximum Gasteiger partial charge on any atom is 0.234 e. The highest BCUT2D eigenvalue weighted by Crippen LogP contribution is 2.27. The summed E-state index contributed by atoms with van der Waals surface area (Å²) in [6, 6.07) is 10.8. The number of carbonyl (C=O) groups excluding carboxylic acids is 2. The zero-order valence-corrected chi connectivity index (χ0v) is 15.7. The largest absolute Gasteiger partial charge is 0.467 e. The predicted molar refractivity (Wildman–Crippen MR) is 101 cm³/mol. The Hall–Kier alpha value is -2.79. The van der Waals surface area contributed by atoms with E-state index in [1.807, 2.05) is 18.2 Å². The fourth-order valence-corrected chi connectivity index (χ4v) is 3.53. The third-order valence-corrected chi connectivity index (χ3v) is 5.30. The van der Waals surface area contributed by atoms with Crippen LogP contribution >= 0.6 is 23.5 Å². The van der Waals surface area contributed by atoms with Crippen LogP contribution in [0, 0.1) is 0 Å². The van der Waals surface area contributed by atoms with Gasteiger partial charge in [0.2, 0.25) is 17.0 Å². The molecule has 0 radical (unpaired) electrons. The molecule has 140 valence electrons. The van der Waals surface area contributed by atoms with Crippen LogP contribution in [0.3, 0.4) is 0 Å². The Bertz CT molecular complexity index is 913. The van der Waals surface area contributed by atoms with Crippen LogP contribution < -0.4 is 11.1 Å². The molecular weight excluding hydrogens is 388 g/mol. The Morgan fingerprint density at radius 3 is 2.78 bits per heavy atom. The van der Waals surface area contributed by atoms with Crippen LogP contribution in [0.15, 0.2) is 57.1 Å². The highest BCUT2D eigenvalue weighted by molar-refractivity contribution is 8.00. The molecular formula is C16H16N6O3S2. The van der Waals surface area contributed by atoms with Gasteiger partial charge < -0.3 is 15.5 Å². The molecule has 0 aliphatic heterocycles. The van der Waals surface area contributed by atoms with Gasteiger partial charge in [0.05, 0.1) is 23.5 Å². The predicted octanol–water partition coefficient (Wildman–Crippen LogP) is 1.62. The molecule has 3 aromatic rings. The summed E-state index contributed by atoms with van der Waals surface area (Å²) in [6.45, 7) is 0.385. The SMILES string of the molecule is NC(=O)CSc1ccccc1NC(=O)CSc1nnnn1Cc1ccco1.